The van der Waals surface area contributed by atoms with Crippen molar-refractivity contribution in [1.82, 2.24) is 4.90 Å². The van der Waals surface area contributed by atoms with Crippen LogP contribution < -0.4 is 9.47 Å². The van der Waals surface area contributed by atoms with Gasteiger partial charge >= 0.3 is 0 Å². The molecule has 0 aliphatic carbocycles. The van der Waals surface area contributed by atoms with E-state index >= 15 is 0 Å². The first-order valence-corrected chi connectivity index (χ1v) is 13.1. The first kappa shape index (κ1) is 24.7. The summed E-state index contributed by atoms with van der Waals surface area (Å²) in [6.45, 7) is 3.05. The molecular weight excluding hydrogens is 498 g/mol. The maximum absolute atomic E-state index is 12.0. The number of nitrogens with zero attached hydrogens (tertiary/aromatic N) is 1. The van der Waals surface area contributed by atoms with Gasteiger partial charge in [-0.2, -0.15) is 0 Å². The summed E-state index contributed by atoms with van der Waals surface area (Å²) in [5.41, 5.74) is 1.50. The first-order chi connectivity index (χ1) is 15.3. The van der Waals surface area contributed by atoms with Crippen molar-refractivity contribution in [3.05, 3.63) is 58.1 Å². The lowest BCUT2D eigenvalue weighted by molar-refractivity contribution is 0.0515. The van der Waals surface area contributed by atoms with Crippen molar-refractivity contribution in [2.45, 2.75) is 32.0 Å². The Morgan fingerprint density at radius 2 is 2.03 bits per heavy atom. The quantitative estimate of drug-likeness (QED) is 0.450. The molecule has 0 amide bonds. The summed E-state index contributed by atoms with van der Waals surface area (Å²) in [5, 5.41) is 10.7. The Bertz CT molecular complexity index is 1030. The third-order valence-electron chi connectivity index (χ3n) is 5.28. The van der Waals surface area contributed by atoms with Gasteiger partial charge in [0.15, 0.2) is 21.3 Å². The summed E-state index contributed by atoms with van der Waals surface area (Å²) in [5.74, 6) is 1.15. The van der Waals surface area contributed by atoms with E-state index in [2.05, 4.69) is 15.9 Å². The molecule has 1 saturated heterocycles. The minimum absolute atomic E-state index is 0.00889. The van der Waals surface area contributed by atoms with Crippen molar-refractivity contribution in [3.8, 4) is 11.5 Å². The van der Waals surface area contributed by atoms with Crippen LogP contribution in [0.4, 0.5) is 0 Å². The number of aldehydes is 1. The fraction of sp³-hybridized carbons (Fsp3) is 0.435. The summed E-state index contributed by atoms with van der Waals surface area (Å²) in [6, 6.07) is 12.5. The SMILES string of the molecule is CCOc1cc(C=O)ccc1OCC(O)CN(Cc1cccc(Br)c1)C1CCS(=O)(=O)C1. The van der Waals surface area contributed by atoms with Gasteiger partial charge in [0, 0.05) is 29.2 Å². The molecule has 1 heterocycles. The normalized spacial score (nSPS) is 18.4. The fourth-order valence-corrected chi connectivity index (χ4v) is 5.98. The highest BCUT2D eigenvalue weighted by molar-refractivity contribution is 9.10. The maximum Gasteiger partial charge on any atom is 0.161 e. The largest absolute Gasteiger partial charge is 0.490 e. The Morgan fingerprint density at radius 3 is 2.69 bits per heavy atom. The van der Waals surface area contributed by atoms with Crippen molar-refractivity contribution < 1.29 is 27.8 Å². The Labute approximate surface area is 197 Å². The standard InChI is InChI=1S/C23H28BrNO6S/c1-2-30-23-11-18(14-26)6-7-22(23)31-15-21(27)13-25(20-8-9-32(28,29)16-20)12-17-4-3-5-19(24)10-17/h3-7,10-11,14,20-21,27H,2,8-9,12-13,15-16H2,1H3. The van der Waals surface area contributed by atoms with E-state index < -0.39 is 15.9 Å². The number of halogens is 1. The van der Waals surface area contributed by atoms with Crippen LogP contribution in [0.5, 0.6) is 11.5 Å². The number of ether oxygens (including phenoxy) is 2. The van der Waals surface area contributed by atoms with Crippen LogP contribution in [0.2, 0.25) is 0 Å². The lowest BCUT2D eigenvalue weighted by Crippen LogP contribution is -2.42. The van der Waals surface area contributed by atoms with Crippen molar-refractivity contribution in [2.24, 2.45) is 0 Å². The van der Waals surface area contributed by atoms with Gasteiger partial charge in [-0.15, -0.1) is 0 Å². The second kappa shape index (κ2) is 11.3. The lowest BCUT2D eigenvalue weighted by Gasteiger charge is -2.30. The molecule has 3 rings (SSSR count). The van der Waals surface area contributed by atoms with Crippen molar-refractivity contribution in [2.75, 3.05) is 31.3 Å². The highest BCUT2D eigenvalue weighted by Gasteiger charge is 2.33. The molecule has 0 spiro atoms. The van der Waals surface area contributed by atoms with Crippen molar-refractivity contribution in [1.29, 1.82) is 0 Å². The Balaban J connectivity index is 1.68. The molecule has 174 valence electrons. The number of benzene rings is 2. The van der Waals surface area contributed by atoms with E-state index in [0.29, 0.717) is 36.6 Å². The molecule has 9 heteroatoms. The van der Waals surface area contributed by atoms with Gasteiger partial charge < -0.3 is 14.6 Å². The minimum Gasteiger partial charge on any atom is -0.490 e. The van der Waals surface area contributed by atoms with Gasteiger partial charge in [0.1, 0.15) is 19.0 Å². The molecule has 1 aliphatic heterocycles. The molecule has 0 bridgehead atoms. The molecule has 1 aliphatic rings. The molecular formula is C23H28BrNO6S. The summed E-state index contributed by atoms with van der Waals surface area (Å²) < 4.78 is 36.3. The van der Waals surface area contributed by atoms with Crippen LogP contribution in [0.1, 0.15) is 29.3 Å². The lowest BCUT2D eigenvalue weighted by atomic mass is 10.1. The molecule has 0 aromatic heterocycles. The highest BCUT2D eigenvalue weighted by Crippen LogP contribution is 2.28. The van der Waals surface area contributed by atoms with Crippen LogP contribution in [-0.4, -0.2) is 68.1 Å². The number of aliphatic hydroxyl groups excluding tert-OH is 1. The average Bonchev–Trinajstić information content (AvgIpc) is 3.12. The van der Waals surface area contributed by atoms with E-state index in [1.54, 1.807) is 18.2 Å². The number of hydrogen-bond donors (Lipinski definition) is 1. The van der Waals surface area contributed by atoms with Gasteiger partial charge in [0.2, 0.25) is 0 Å². The summed E-state index contributed by atoms with van der Waals surface area (Å²) in [4.78, 5) is 13.0. The van der Waals surface area contributed by atoms with Gasteiger partial charge in [-0.05, 0) is 49.2 Å². The monoisotopic (exact) mass is 525 g/mol. The Hall–Kier alpha value is -1.94. The van der Waals surface area contributed by atoms with Crippen molar-refractivity contribution in [3.63, 3.8) is 0 Å². The van der Waals surface area contributed by atoms with E-state index in [0.717, 1.165) is 16.3 Å². The summed E-state index contributed by atoms with van der Waals surface area (Å²) in [7, 11) is -3.06. The third kappa shape index (κ3) is 7.03. The molecule has 2 atom stereocenters. The molecule has 32 heavy (non-hydrogen) atoms. The van der Waals surface area contributed by atoms with Gasteiger partial charge in [-0.3, -0.25) is 9.69 Å². The number of carbonyl (C=O) groups is 1. The van der Waals surface area contributed by atoms with Gasteiger partial charge in [-0.25, -0.2) is 8.42 Å². The zero-order chi connectivity index (χ0) is 23.1. The van der Waals surface area contributed by atoms with Gasteiger partial charge in [0.05, 0.1) is 18.1 Å². The van der Waals surface area contributed by atoms with Gasteiger partial charge in [0.25, 0.3) is 0 Å². The van der Waals surface area contributed by atoms with Crippen LogP contribution in [-0.2, 0) is 16.4 Å². The zero-order valence-corrected chi connectivity index (χ0v) is 20.3. The van der Waals surface area contributed by atoms with E-state index in [9.17, 15) is 18.3 Å². The van der Waals surface area contributed by atoms with E-state index in [1.165, 1.54) is 0 Å². The highest BCUT2D eigenvalue weighted by atomic mass is 79.9. The predicted molar refractivity (Wildman–Crippen MR) is 126 cm³/mol. The molecule has 2 aromatic carbocycles. The fourth-order valence-electron chi connectivity index (χ4n) is 3.77. The van der Waals surface area contributed by atoms with E-state index in [1.807, 2.05) is 36.1 Å². The van der Waals surface area contributed by atoms with Crippen LogP contribution >= 0.6 is 15.9 Å². The molecule has 1 fully saturated rings. The second-order valence-electron chi connectivity index (χ2n) is 7.84. The van der Waals surface area contributed by atoms with E-state index in [-0.39, 0.29) is 30.7 Å². The summed E-state index contributed by atoms with van der Waals surface area (Å²) >= 11 is 3.47. The molecule has 2 unspecified atom stereocenters. The molecule has 7 nitrogen and oxygen atoms in total. The topological polar surface area (TPSA) is 93.1 Å². The Morgan fingerprint density at radius 1 is 1.22 bits per heavy atom. The van der Waals surface area contributed by atoms with E-state index in [4.69, 9.17) is 9.47 Å². The number of rotatable bonds is 11. The minimum atomic E-state index is -3.06. The number of carbonyl (C=O) groups excluding carboxylic acids is 1. The smallest absolute Gasteiger partial charge is 0.161 e. The molecule has 1 N–H and O–H groups in total. The average molecular weight is 526 g/mol. The second-order valence-corrected chi connectivity index (χ2v) is 11.0. The number of aliphatic hydroxyl groups is 1. The zero-order valence-electron chi connectivity index (χ0n) is 17.9. The van der Waals surface area contributed by atoms with Gasteiger partial charge in [-0.1, -0.05) is 28.1 Å². The predicted octanol–water partition coefficient (Wildman–Crippen LogP) is 3.09. The molecule has 0 radical (unpaired) electrons. The van der Waals surface area contributed by atoms with Crippen LogP contribution in [0.15, 0.2) is 46.9 Å². The van der Waals surface area contributed by atoms with Crippen LogP contribution in [0, 0.1) is 0 Å². The Kier molecular flexibility index (Phi) is 8.70. The molecule has 0 saturated carbocycles. The first-order valence-electron chi connectivity index (χ1n) is 10.5. The molecule has 2 aromatic rings. The third-order valence-corrected chi connectivity index (χ3v) is 7.52. The summed E-state index contributed by atoms with van der Waals surface area (Å²) in [6.07, 6.45) is 0.438. The van der Waals surface area contributed by atoms with Crippen LogP contribution in [0.3, 0.4) is 0 Å². The van der Waals surface area contributed by atoms with Crippen molar-refractivity contribution >= 4 is 32.1 Å². The number of sulfone groups is 1. The number of hydrogen-bond acceptors (Lipinski definition) is 7. The van der Waals surface area contributed by atoms with Crippen LogP contribution in [0.25, 0.3) is 0 Å². The maximum atomic E-state index is 12.0.